The van der Waals surface area contributed by atoms with Gasteiger partial charge in [-0.3, -0.25) is 9.59 Å². The molecule has 9 heteroatoms. The first-order valence-corrected chi connectivity index (χ1v) is 14.1. The van der Waals surface area contributed by atoms with E-state index >= 15 is 0 Å². The van der Waals surface area contributed by atoms with Gasteiger partial charge in [-0.2, -0.15) is 0 Å². The van der Waals surface area contributed by atoms with Crippen LogP contribution in [0.25, 0.3) is 0 Å². The van der Waals surface area contributed by atoms with E-state index in [4.69, 9.17) is 9.47 Å². The smallest absolute Gasteiger partial charge is 0.247 e. The lowest BCUT2D eigenvalue weighted by Gasteiger charge is -2.46. The number of carbonyl (C=O) groups is 2. The molecule has 2 fully saturated rings. The van der Waals surface area contributed by atoms with Crippen molar-refractivity contribution in [3.8, 4) is 11.5 Å². The fourth-order valence-electron chi connectivity index (χ4n) is 6.56. The molecule has 38 heavy (non-hydrogen) atoms. The van der Waals surface area contributed by atoms with Crippen molar-refractivity contribution >= 4 is 11.8 Å². The second kappa shape index (κ2) is 11.6. The molecule has 0 radical (unpaired) electrons. The molecule has 1 aliphatic heterocycles. The van der Waals surface area contributed by atoms with Crippen LogP contribution < -0.4 is 14.8 Å². The van der Waals surface area contributed by atoms with Crippen molar-refractivity contribution in [3.63, 3.8) is 0 Å². The van der Waals surface area contributed by atoms with Crippen molar-refractivity contribution in [3.05, 3.63) is 34.9 Å². The van der Waals surface area contributed by atoms with E-state index in [1.54, 1.807) is 18.2 Å². The normalized spacial score (nSPS) is 27.2. The molecule has 0 bridgehead atoms. The molecule has 1 aromatic rings. The number of rotatable bonds is 8. The number of amides is 2. The molecule has 208 valence electrons. The molecule has 9 nitrogen and oxygen atoms in total. The average molecular weight is 529 g/mol. The summed E-state index contributed by atoms with van der Waals surface area (Å²) in [5.74, 6) is -0.0970. The maximum atomic E-state index is 13.9. The fraction of sp³-hybridized carbons (Fsp3) is 0.655. The molecule has 0 saturated heterocycles. The SMILES string of the molecule is COc1cc(CO)cc2c1O[C@@H]1[C@@H](O)[C@H](N(C(=O)C3CCC3)C3CCCCCC3)C=C(C(=O)NCCO)[C@H]21. The van der Waals surface area contributed by atoms with Crippen molar-refractivity contribution in [1.29, 1.82) is 0 Å². The van der Waals surface area contributed by atoms with E-state index in [2.05, 4.69) is 5.32 Å². The third-order valence-electron chi connectivity index (χ3n) is 8.74. The van der Waals surface area contributed by atoms with Crippen LogP contribution in [0.15, 0.2) is 23.8 Å². The quantitative estimate of drug-likeness (QED) is 0.381. The van der Waals surface area contributed by atoms with Gasteiger partial charge < -0.3 is 35.0 Å². The van der Waals surface area contributed by atoms with Gasteiger partial charge in [0.2, 0.25) is 11.8 Å². The van der Waals surface area contributed by atoms with Crippen molar-refractivity contribution < 1.29 is 34.4 Å². The minimum atomic E-state index is -1.06. The standard InChI is InChI=1S/C29H40N2O7/c1-37-23-14-17(16-33)13-20-24-21(28(35)30-11-12-32)15-22(25(34)27(24)38-26(20)23)31(29(36)18-7-6-8-18)19-9-4-2-3-5-10-19/h13-15,18-19,22,24-25,27,32-34H,2-12,16H2,1H3,(H,30,35)/t22-,24+,25+,27+/m1/s1. The summed E-state index contributed by atoms with van der Waals surface area (Å²) in [6.07, 6.45) is 8.73. The number of hydrogen-bond acceptors (Lipinski definition) is 7. The molecule has 4 atom stereocenters. The second-order valence-corrected chi connectivity index (χ2v) is 11.0. The van der Waals surface area contributed by atoms with Crippen LogP contribution in [0.4, 0.5) is 0 Å². The zero-order valence-corrected chi connectivity index (χ0v) is 22.1. The summed E-state index contributed by atoms with van der Waals surface area (Å²) in [6, 6.07) is 2.76. The summed E-state index contributed by atoms with van der Waals surface area (Å²) in [7, 11) is 1.51. The van der Waals surface area contributed by atoms with Crippen LogP contribution in [-0.2, 0) is 16.2 Å². The molecule has 0 unspecified atom stereocenters. The summed E-state index contributed by atoms with van der Waals surface area (Å²) in [6.45, 7) is -0.335. The summed E-state index contributed by atoms with van der Waals surface area (Å²) >= 11 is 0. The number of benzene rings is 1. The van der Waals surface area contributed by atoms with Gasteiger partial charge in [-0.15, -0.1) is 0 Å². The van der Waals surface area contributed by atoms with E-state index in [0.29, 0.717) is 28.2 Å². The van der Waals surface area contributed by atoms with Gasteiger partial charge >= 0.3 is 0 Å². The molecule has 1 aromatic carbocycles. The van der Waals surface area contributed by atoms with Crippen LogP contribution in [-0.4, -0.2) is 76.6 Å². The summed E-state index contributed by atoms with van der Waals surface area (Å²) < 4.78 is 11.9. The predicted molar refractivity (Wildman–Crippen MR) is 140 cm³/mol. The number of methoxy groups -OCH3 is 1. The van der Waals surface area contributed by atoms with Gasteiger partial charge in [0.15, 0.2) is 11.5 Å². The number of nitrogens with zero attached hydrogens (tertiary/aromatic N) is 1. The molecule has 2 saturated carbocycles. The number of nitrogens with one attached hydrogen (secondary N) is 1. The molecule has 0 aromatic heterocycles. The maximum absolute atomic E-state index is 13.9. The number of ether oxygens (including phenoxy) is 2. The van der Waals surface area contributed by atoms with E-state index in [0.717, 1.165) is 57.8 Å². The van der Waals surface area contributed by atoms with Gasteiger partial charge in [0.25, 0.3) is 0 Å². The topological polar surface area (TPSA) is 129 Å². The minimum absolute atomic E-state index is 0.000825. The van der Waals surface area contributed by atoms with Gasteiger partial charge in [0.1, 0.15) is 12.2 Å². The lowest BCUT2D eigenvalue weighted by molar-refractivity contribution is -0.148. The Balaban J connectivity index is 1.59. The number of aliphatic hydroxyl groups excluding tert-OH is 3. The average Bonchev–Trinajstić information content (AvgIpc) is 3.08. The molecule has 4 N–H and O–H groups in total. The second-order valence-electron chi connectivity index (χ2n) is 11.0. The Labute approximate surface area is 223 Å². The Kier molecular flexibility index (Phi) is 8.26. The number of fused-ring (bicyclic) bond motifs is 3. The molecule has 4 aliphatic rings. The van der Waals surface area contributed by atoms with Crippen LogP contribution in [0.5, 0.6) is 11.5 Å². The van der Waals surface area contributed by atoms with Gasteiger partial charge in [-0.1, -0.05) is 32.1 Å². The Morgan fingerprint density at radius 3 is 2.42 bits per heavy atom. The lowest BCUT2D eigenvalue weighted by Crippen LogP contribution is -2.59. The van der Waals surface area contributed by atoms with E-state index in [-0.39, 0.29) is 43.5 Å². The highest BCUT2D eigenvalue weighted by atomic mass is 16.5. The van der Waals surface area contributed by atoms with E-state index < -0.39 is 24.2 Å². The third kappa shape index (κ3) is 4.92. The first-order chi connectivity index (χ1) is 18.5. The molecule has 3 aliphatic carbocycles. The highest BCUT2D eigenvalue weighted by molar-refractivity contribution is 5.96. The first kappa shape index (κ1) is 27.0. The molecule has 0 spiro atoms. The zero-order chi connectivity index (χ0) is 26.8. The lowest BCUT2D eigenvalue weighted by atomic mass is 9.76. The molecule has 2 amide bonds. The number of aliphatic hydroxyl groups is 3. The Morgan fingerprint density at radius 1 is 1.08 bits per heavy atom. The molecular weight excluding hydrogens is 488 g/mol. The Hall–Kier alpha value is -2.62. The predicted octanol–water partition coefficient (Wildman–Crippen LogP) is 2.16. The van der Waals surface area contributed by atoms with Gasteiger partial charge in [0.05, 0.1) is 32.3 Å². The van der Waals surface area contributed by atoms with Crippen molar-refractivity contribution in [1.82, 2.24) is 10.2 Å². The summed E-state index contributed by atoms with van der Waals surface area (Å²) in [5.41, 5.74) is 1.67. The molecular formula is C29H40N2O7. The summed E-state index contributed by atoms with van der Waals surface area (Å²) in [4.78, 5) is 29.3. The monoisotopic (exact) mass is 528 g/mol. The zero-order valence-electron chi connectivity index (χ0n) is 22.1. The first-order valence-electron chi connectivity index (χ1n) is 14.1. The third-order valence-corrected chi connectivity index (χ3v) is 8.74. The minimum Gasteiger partial charge on any atom is -0.493 e. The van der Waals surface area contributed by atoms with E-state index in [1.165, 1.54) is 7.11 Å². The van der Waals surface area contributed by atoms with E-state index in [1.807, 2.05) is 4.90 Å². The van der Waals surface area contributed by atoms with Crippen LogP contribution in [0.3, 0.4) is 0 Å². The van der Waals surface area contributed by atoms with Gasteiger partial charge in [-0.25, -0.2) is 0 Å². The molecule has 1 heterocycles. The van der Waals surface area contributed by atoms with Crippen LogP contribution in [0, 0.1) is 5.92 Å². The maximum Gasteiger partial charge on any atom is 0.247 e. The Bertz CT molecular complexity index is 1060. The van der Waals surface area contributed by atoms with Crippen LogP contribution >= 0.6 is 0 Å². The highest BCUT2D eigenvalue weighted by Gasteiger charge is 2.52. The van der Waals surface area contributed by atoms with Crippen LogP contribution in [0.1, 0.15) is 74.8 Å². The van der Waals surface area contributed by atoms with Gasteiger partial charge in [0, 0.05) is 29.6 Å². The van der Waals surface area contributed by atoms with Gasteiger partial charge in [-0.05, 0) is 49.5 Å². The van der Waals surface area contributed by atoms with E-state index in [9.17, 15) is 24.9 Å². The number of carbonyl (C=O) groups excluding carboxylic acids is 2. The Morgan fingerprint density at radius 2 is 1.82 bits per heavy atom. The number of hydrogen-bond donors (Lipinski definition) is 4. The van der Waals surface area contributed by atoms with Crippen molar-refractivity contribution in [2.45, 2.75) is 94.6 Å². The summed E-state index contributed by atoms with van der Waals surface area (Å²) in [5, 5.41) is 33.8. The van der Waals surface area contributed by atoms with Crippen molar-refractivity contribution in [2.24, 2.45) is 5.92 Å². The van der Waals surface area contributed by atoms with Crippen molar-refractivity contribution in [2.75, 3.05) is 20.3 Å². The molecule has 5 rings (SSSR count). The van der Waals surface area contributed by atoms with Crippen LogP contribution in [0.2, 0.25) is 0 Å². The largest absolute Gasteiger partial charge is 0.493 e. The fourth-order valence-corrected chi connectivity index (χ4v) is 6.56. The highest BCUT2D eigenvalue weighted by Crippen LogP contribution is 2.52.